The number of carbonyl (C=O) groups excluding carboxylic acids is 1. The van der Waals surface area contributed by atoms with Gasteiger partial charge in [0.25, 0.3) is 0 Å². The van der Waals surface area contributed by atoms with Crippen molar-refractivity contribution >= 4 is 5.91 Å². The standard InChI is InChI=1S/C15H18F2N2O/c1-19(8-9-2-4-12(16)13(17)6-9)15(20)11-7-10-3-5-14(11)18-10/h2,4,6,10-11,14,18H,3,5,7-8H2,1H3. The number of benzene rings is 1. The minimum absolute atomic E-state index is 0.0315. The quantitative estimate of drug-likeness (QED) is 0.919. The zero-order chi connectivity index (χ0) is 14.3. The maximum atomic E-state index is 13.2. The lowest BCUT2D eigenvalue weighted by molar-refractivity contribution is -0.135. The molecule has 2 fully saturated rings. The second-order valence-electron chi connectivity index (χ2n) is 5.83. The molecule has 3 nitrogen and oxygen atoms in total. The average molecular weight is 280 g/mol. The van der Waals surface area contributed by atoms with Gasteiger partial charge in [-0.2, -0.15) is 0 Å². The van der Waals surface area contributed by atoms with Gasteiger partial charge in [0, 0.05) is 25.7 Å². The summed E-state index contributed by atoms with van der Waals surface area (Å²) in [7, 11) is 1.72. The van der Waals surface area contributed by atoms with Crippen LogP contribution in [-0.4, -0.2) is 29.9 Å². The van der Waals surface area contributed by atoms with Crippen molar-refractivity contribution in [2.75, 3.05) is 7.05 Å². The minimum atomic E-state index is -0.870. The number of fused-ring (bicyclic) bond motifs is 2. The Morgan fingerprint density at radius 1 is 1.35 bits per heavy atom. The molecular formula is C15H18F2N2O. The van der Waals surface area contributed by atoms with Crippen molar-refractivity contribution in [1.82, 2.24) is 10.2 Å². The van der Waals surface area contributed by atoms with Gasteiger partial charge in [-0.05, 0) is 37.0 Å². The SMILES string of the molecule is CN(Cc1ccc(F)c(F)c1)C(=O)C1CC2CCC1N2. The topological polar surface area (TPSA) is 32.3 Å². The molecule has 0 aromatic heterocycles. The van der Waals surface area contributed by atoms with Crippen LogP contribution in [0.15, 0.2) is 18.2 Å². The third kappa shape index (κ3) is 2.42. The van der Waals surface area contributed by atoms with Crippen molar-refractivity contribution < 1.29 is 13.6 Å². The van der Waals surface area contributed by atoms with Gasteiger partial charge in [-0.25, -0.2) is 8.78 Å². The Morgan fingerprint density at radius 3 is 2.75 bits per heavy atom. The molecule has 108 valence electrons. The maximum absolute atomic E-state index is 13.2. The third-order valence-corrected chi connectivity index (χ3v) is 4.40. The smallest absolute Gasteiger partial charge is 0.227 e. The first-order chi connectivity index (χ1) is 9.54. The molecule has 20 heavy (non-hydrogen) atoms. The molecule has 1 aromatic rings. The summed E-state index contributed by atoms with van der Waals surface area (Å²) in [6, 6.07) is 4.53. The van der Waals surface area contributed by atoms with Crippen molar-refractivity contribution in [3.63, 3.8) is 0 Å². The Hall–Kier alpha value is -1.49. The Morgan fingerprint density at radius 2 is 2.15 bits per heavy atom. The highest BCUT2D eigenvalue weighted by atomic mass is 19.2. The van der Waals surface area contributed by atoms with E-state index in [0.29, 0.717) is 24.2 Å². The van der Waals surface area contributed by atoms with Gasteiger partial charge >= 0.3 is 0 Å². The van der Waals surface area contributed by atoms with E-state index in [1.807, 2.05) is 0 Å². The van der Waals surface area contributed by atoms with Crippen LogP contribution in [0.2, 0.25) is 0 Å². The highest BCUT2D eigenvalue weighted by Crippen LogP contribution is 2.34. The number of nitrogens with zero attached hydrogens (tertiary/aromatic N) is 1. The molecule has 3 rings (SSSR count). The van der Waals surface area contributed by atoms with E-state index in [9.17, 15) is 13.6 Å². The highest BCUT2D eigenvalue weighted by molar-refractivity contribution is 5.80. The summed E-state index contributed by atoms with van der Waals surface area (Å²) in [6.45, 7) is 0.309. The number of nitrogens with one attached hydrogen (secondary N) is 1. The molecule has 2 aliphatic heterocycles. The van der Waals surface area contributed by atoms with Crippen molar-refractivity contribution in [2.45, 2.75) is 37.9 Å². The van der Waals surface area contributed by atoms with Crippen LogP contribution in [0.4, 0.5) is 8.78 Å². The summed E-state index contributed by atoms with van der Waals surface area (Å²) in [5, 5.41) is 3.44. The zero-order valence-corrected chi connectivity index (χ0v) is 11.4. The van der Waals surface area contributed by atoms with Crippen LogP contribution in [0.25, 0.3) is 0 Å². The molecule has 2 aliphatic rings. The van der Waals surface area contributed by atoms with Gasteiger partial charge < -0.3 is 10.2 Å². The zero-order valence-electron chi connectivity index (χ0n) is 11.4. The van der Waals surface area contributed by atoms with Crippen LogP contribution in [0.5, 0.6) is 0 Å². The monoisotopic (exact) mass is 280 g/mol. The van der Waals surface area contributed by atoms with Crippen LogP contribution in [-0.2, 0) is 11.3 Å². The molecule has 0 aliphatic carbocycles. The Bertz CT molecular complexity index is 535. The Kier molecular flexibility index (Phi) is 3.46. The number of halogens is 2. The number of rotatable bonds is 3. The third-order valence-electron chi connectivity index (χ3n) is 4.40. The van der Waals surface area contributed by atoms with Gasteiger partial charge in [-0.15, -0.1) is 0 Å². The van der Waals surface area contributed by atoms with E-state index < -0.39 is 11.6 Å². The first kappa shape index (κ1) is 13.5. The minimum Gasteiger partial charge on any atom is -0.341 e. The van der Waals surface area contributed by atoms with E-state index in [-0.39, 0.29) is 11.8 Å². The molecule has 2 saturated heterocycles. The van der Waals surface area contributed by atoms with E-state index in [4.69, 9.17) is 0 Å². The lowest BCUT2D eigenvalue weighted by Crippen LogP contribution is -2.38. The lowest BCUT2D eigenvalue weighted by atomic mass is 9.88. The summed E-state index contributed by atoms with van der Waals surface area (Å²) in [5.41, 5.74) is 0.607. The van der Waals surface area contributed by atoms with Crippen LogP contribution >= 0.6 is 0 Å². The second kappa shape index (κ2) is 5.13. The van der Waals surface area contributed by atoms with E-state index in [1.54, 1.807) is 11.9 Å². The van der Waals surface area contributed by atoms with Crippen molar-refractivity contribution in [1.29, 1.82) is 0 Å². The molecule has 0 radical (unpaired) electrons. The van der Waals surface area contributed by atoms with Gasteiger partial charge in [0.1, 0.15) is 0 Å². The molecule has 1 N–H and O–H groups in total. The fraction of sp³-hybridized carbons (Fsp3) is 0.533. The molecule has 2 bridgehead atoms. The van der Waals surface area contributed by atoms with Crippen LogP contribution in [0.1, 0.15) is 24.8 Å². The van der Waals surface area contributed by atoms with Gasteiger partial charge in [0.15, 0.2) is 11.6 Å². The summed E-state index contributed by atoms with van der Waals surface area (Å²) in [5.74, 6) is -1.61. The molecule has 5 heteroatoms. The molecule has 0 spiro atoms. The normalized spacial score (nSPS) is 27.9. The first-order valence-corrected chi connectivity index (χ1v) is 6.99. The van der Waals surface area contributed by atoms with Gasteiger partial charge in [-0.1, -0.05) is 6.07 Å². The fourth-order valence-electron chi connectivity index (χ4n) is 3.37. The lowest BCUT2D eigenvalue weighted by Gasteiger charge is -2.25. The van der Waals surface area contributed by atoms with Gasteiger partial charge in [0.2, 0.25) is 5.91 Å². The number of carbonyl (C=O) groups is 1. The summed E-state index contributed by atoms with van der Waals surface area (Å²) < 4.78 is 26.0. The van der Waals surface area contributed by atoms with Crippen molar-refractivity contribution in [3.8, 4) is 0 Å². The average Bonchev–Trinajstić information content (AvgIpc) is 3.04. The predicted octanol–water partition coefficient (Wildman–Crippen LogP) is 2.06. The molecular weight excluding hydrogens is 262 g/mol. The predicted molar refractivity (Wildman–Crippen MR) is 70.9 cm³/mol. The second-order valence-corrected chi connectivity index (χ2v) is 5.83. The van der Waals surface area contributed by atoms with Crippen molar-refractivity contribution in [3.05, 3.63) is 35.4 Å². The highest BCUT2D eigenvalue weighted by Gasteiger charge is 2.43. The Balaban J connectivity index is 1.65. The number of amides is 1. The molecule has 3 atom stereocenters. The molecule has 0 saturated carbocycles. The van der Waals surface area contributed by atoms with Crippen LogP contribution in [0, 0.1) is 17.6 Å². The van der Waals surface area contributed by atoms with E-state index in [1.165, 1.54) is 6.07 Å². The van der Waals surface area contributed by atoms with E-state index in [2.05, 4.69) is 5.32 Å². The largest absolute Gasteiger partial charge is 0.341 e. The maximum Gasteiger partial charge on any atom is 0.227 e. The van der Waals surface area contributed by atoms with Crippen LogP contribution in [0.3, 0.4) is 0 Å². The summed E-state index contributed by atoms with van der Waals surface area (Å²) >= 11 is 0. The molecule has 2 heterocycles. The van der Waals surface area contributed by atoms with E-state index >= 15 is 0 Å². The fourth-order valence-corrected chi connectivity index (χ4v) is 3.37. The summed E-state index contributed by atoms with van der Waals surface area (Å²) in [6.07, 6.45) is 3.10. The van der Waals surface area contributed by atoms with E-state index in [0.717, 1.165) is 31.4 Å². The van der Waals surface area contributed by atoms with Crippen LogP contribution < -0.4 is 5.32 Å². The molecule has 3 unspecified atom stereocenters. The van der Waals surface area contributed by atoms with Gasteiger partial charge in [0.05, 0.1) is 5.92 Å². The first-order valence-electron chi connectivity index (χ1n) is 6.99. The number of hydrogen-bond donors (Lipinski definition) is 1. The number of hydrogen-bond acceptors (Lipinski definition) is 2. The Labute approximate surface area is 117 Å². The van der Waals surface area contributed by atoms with Crippen molar-refractivity contribution in [2.24, 2.45) is 5.92 Å². The molecule has 1 aromatic carbocycles. The van der Waals surface area contributed by atoms with Gasteiger partial charge in [-0.3, -0.25) is 4.79 Å². The summed E-state index contributed by atoms with van der Waals surface area (Å²) in [4.78, 5) is 14.0. The molecule has 1 amide bonds.